The third-order valence-corrected chi connectivity index (χ3v) is 4.10. The van der Waals surface area contributed by atoms with E-state index in [2.05, 4.69) is 36.5 Å². The van der Waals surface area contributed by atoms with Crippen molar-refractivity contribution in [2.75, 3.05) is 18.5 Å². The van der Waals surface area contributed by atoms with Gasteiger partial charge >= 0.3 is 0 Å². The standard InChI is InChI=1S/C17H26N2O.ClH/c1-3-4-6-14-8-10-16(11-9-14)19(2)17(20)13-15-7-5-12-18-15;/h8-11,15,18H,3-7,12-13H2,1-2H3;1H. The lowest BCUT2D eigenvalue weighted by Crippen LogP contribution is -2.33. The first-order valence-corrected chi connectivity index (χ1v) is 7.79. The Morgan fingerprint density at radius 2 is 2.05 bits per heavy atom. The lowest BCUT2D eigenvalue weighted by Gasteiger charge is -2.20. The van der Waals surface area contributed by atoms with Crippen LogP contribution in [0.1, 0.15) is 44.6 Å². The number of hydrogen-bond donors (Lipinski definition) is 1. The lowest BCUT2D eigenvalue weighted by atomic mass is 10.1. The van der Waals surface area contributed by atoms with Crippen LogP contribution in [0.15, 0.2) is 24.3 Å². The minimum atomic E-state index is 0. The minimum Gasteiger partial charge on any atom is -0.315 e. The summed E-state index contributed by atoms with van der Waals surface area (Å²) in [6.07, 6.45) is 6.48. The molecule has 1 aliphatic rings. The van der Waals surface area contributed by atoms with Crippen LogP contribution in [-0.4, -0.2) is 25.5 Å². The number of aryl methyl sites for hydroxylation is 1. The van der Waals surface area contributed by atoms with Gasteiger partial charge in [-0.1, -0.05) is 25.5 Å². The molecule has 0 bridgehead atoms. The molecule has 1 amide bonds. The van der Waals surface area contributed by atoms with Crippen molar-refractivity contribution >= 4 is 24.0 Å². The van der Waals surface area contributed by atoms with Gasteiger partial charge in [-0.2, -0.15) is 0 Å². The maximum Gasteiger partial charge on any atom is 0.228 e. The third-order valence-electron chi connectivity index (χ3n) is 4.10. The first-order valence-electron chi connectivity index (χ1n) is 7.79. The largest absolute Gasteiger partial charge is 0.315 e. The van der Waals surface area contributed by atoms with Gasteiger partial charge in [-0.05, 0) is 49.9 Å². The molecule has 0 aromatic heterocycles. The summed E-state index contributed by atoms with van der Waals surface area (Å²) in [5.74, 6) is 0.200. The Bertz CT molecular complexity index is 427. The second-order valence-electron chi connectivity index (χ2n) is 5.72. The summed E-state index contributed by atoms with van der Waals surface area (Å²) < 4.78 is 0. The Morgan fingerprint density at radius 1 is 1.33 bits per heavy atom. The van der Waals surface area contributed by atoms with Crippen LogP contribution in [0.3, 0.4) is 0 Å². The monoisotopic (exact) mass is 310 g/mol. The third kappa shape index (κ3) is 5.33. The highest BCUT2D eigenvalue weighted by Gasteiger charge is 2.20. The van der Waals surface area contributed by atoms with E-state index in [-0.39, 0.29) is 18.3 Å². The molecule has 0 spiro atoms. The van der Waals surface area contributed by atoms with Gasteiger partial charge in [-0.15, -0.1) is 12.4 Å². The number of hydrogen-bond acceptors (Lipinski definition) is 2. The predicted octanol–water partition coefficient (Wildman–Crippen LogP) is 3.56. The van der Waals surface area contributed by atoms with Crippen molar-refractivity contribution in [3.8, 4) is 0 Å². The van der Waals surface area contributed by atoms with Crippen molar-refractivity contribution in [3.05, 3.63) is 29.8 Å². The van der Waals surface area contributed by atoms with Gasteiger partial charge in [0, 0.05) is 25.2 Å². The van der Waals surface area contributed by atoms with E-state index in [0.717, 1.165) is 25.1 Å². The molecular formula is C17H27ClN2O. The Kier molecular flexibility index (Phi) is 7.76. The van der Waals surface area contributed by atoms with Crippen LogP contribution in [0.4, 0.5) is 5.69 Å². The summed E-state index contributed by atoms with van der Waals surface area (Å²) in [4.78, 5) is 14.0. The predicted molar refractivity (Wildman–Crippen MR) is 91.4 cm³/mol. The molecule has 1 aromatic rings. The summed E-state index contributed by atoms with van der Waals surface area (Å²) in [6, 6.07) is 8.77. The molecule has 4 heteroatoms. The molecule has 0 aliphatic carbocycles. The maximum absolute atomic E-state index is 12.2. The van der Waals surface area contributed by atoms with E-state index < -0.39 is 0 Å². The molecule has 1 saturated heterocycles. The number of nitrogens with one attached hydrogen (secondary N) is 1. The van der Waals surface area contributed by atoms with Gasteiger partial charge in [0.15, 0.2) is 0 Å². The molecule has 1 aromatic carbocycles. The average Bonchev–Trinajstić information content (AvgIpc) is 2.97. The zero-order valence-corrected chi connectivity index (χ0v) is 13.9. The molecular weight excluding hydrogens is 284 g/mol. The summed E-state index contributed by atoms with van der Waals surface area (Å²) in [6.45, 7) is 3.26. The fourth-order valence-electron chi connectivity index (χ4n) is 2.69. The van der Waals surface area contributed by atoms with Gasteiger partial charge in [0.25, 0.3) is 0 Å². The fraction of sp³-hybridized carbons (Fsp3) is 0.588. The first kappa shape index (κ1) is 18.0. The van der Waals surface area contributed by atoms with Gasteiger partial charge in [0.2, 0.25) is 5.91 Å². The normalized spacial score (nSPS) is 17.3. The number of carbonyl (C=O) groups is 1. The zero-order chi connectivity index (χ0) is 14.4. The number of anilines is 1. The molecule has 1 atom stereocenters. The first-order chi connectivity index (χ1) is 9.70. The molecule has 118 valence electrons. The Morgan fingerprint density at radius 3 is 2.62 bits per heavy atom. The van der Waals surface area contributed by atoms with Gasteiger partial charge in [0.1, 0.15) is 0 Å². The van der Waals surface area contributed by atoms with Crippen molar-refractivity contribution in [1.29, 1.82) is 0 Å². The highest BCUT2D eigenvalue weighted by Crippen LogP contribution is 2.18. The average molecular weight is 311 g/mol. The highest BCUT2D eigenvalue weighted by molar-refractivity contribution is 5.93. The van der Waals surface area contributed by atoms with Gasteiger partial charge in [-0.25, -0.2) is 0 Å². The van der Waals surface area contributed by atoms with Crippen molar-refractivity contribution in [2.45, 2.75) is 51.5 Å². The van der Waals surface area contributed by atoms with Crippen LogP contribution in [0, 0.1) is 0 Å². The number of amides is 1. The smallest absolute Gasteiger partial charge is 0.228 e. The van der Waals surface area contributed by atoms with Gasteiger partial charge < -0.3 is 10.2 Å². The van der Waals surface area contributed by atoms with Crippen LogP contribution < -0.4 is 10.2 Å². The van der Waals surface area contributed by atoms with Crippen LogP contribution in [-0.2, 0) is 11.2 Å². The SMILES string of the molecule is CCCCc1ccc(N(C)C(=O)CC2CCCN2)cc1.Cl. The van der Waals surface area contributed by atoms with Crippen LogP contribution in [0.5, 0.6) is 0 Å². The minimum absolute atomic E-state index is 0. The zero-order valence-electron chi connectivity index (χ0n) is 13.1. The summed E-state index contributed by atoms with van der Waals surface area (Å²) >= 11 is 0. The van der Waals surface area contributed by atoms with Crippen molar-refractivity contribution in [3.63, 3.8) is 0 Å². The number of halogens is 1. The van der Waals surface area contributed by atoms with Crippen molar-refractivity contribution in [2.24, 2.45) is 0 Å². The van der Waals surface area contributed by atoms with Crippen molar-refractivity contribution < 1.29 is 4.79 Å². The highest BCUT2D eigenvalue weighted by atomic mass is 35.5. The number of carbonyl (C=O) groups excluding carboxylic acids is 1. The molecule has 2 rings (SSSR count). The molecule has 3 nitrogen and oxygen atoms in total. The number of unbranched alkanes of at least 4 members (excludes halogenated alkanes) is 1. The molecule has 1 aliphatic heterocycles. The molecule has 0 saturated carbocycles. The number of nitrogens with zero attached hydrogens (tertiary/aromatic N) is 1. The van der Waals surface area contributed by atoms with Gasteiger partial charge in [-0.3, -0.25) is 4.79 Å². The Labute approximate surface area is 134 Å². The Hall–Kier alpha value is -1.06. The van der Waals surface area contributed by atoms with E-state index in [9.17, 15) is 4.79 Å². The number of rotatable bonds is 6. The molecule has 1 fully saturated rings. The summed E-state index contributed by atoms with van der Waals surface area (Å²) in [7, 11) is 1.87. The molecule has 1 heterocycles. The molecule has 1 unspecified atom stereocenters. The van der Waals surface area contributed by atoms with E-state index >= 15 is 0 Å². The second-order valence-corrected chi connectivity index (χ2v) is 5.72. The topological polar surface area (TPSA) is 32.3 Å². The van der Waals surface area contributed by atoms with E-state index in [4.69, 9.17) is 0 Å². The quantitative estimate of drug-likeness (QED) is 0.871. The maximum atomic E-state index is 12.2. The van der Waals surface area contributed by atoms with Crippen LogP contribution in [0.25, 0.3) is 0 Å². The summed E-state index contributed by atoms with van der Waals surface area (Å²) in [5.41, 5.74) is 2.35. The van der Waals surface area contributed by atoms with Crippen molar-refractivity contribution in [1.82, 2.24) is 5.32 Å². The van der Waals surface area contributed by atoms with E-state index in [1.165, 1.54) is 24.8 Å². The molecule has 0 radical (unpaired) electrons. The Balaban J connectivity index is 0.00000220. The number of benzene rings is 1. The van der Waals surface area contributed by atoms with Crippen LogP contribution >= 0.6 is 12.4 Å². The van der Waals surface area contributed by atoms with Crippen LogP contribution in [0.2, 0.25) is 0 Å². The van der Waals surface area contributed by atoms with E-state index in [1.54, 1.807) is 4.90 Å². The van der Waals surface area contributed by atoms with Gasteiger partial charge in [0.05, 0.1) is 0 Å². The molecule has 1 N–H and O–H groups in total. The van der Waals surface area contributed by atoms with E-state index in [0.29, 0.717) is 12.5 Å². The van der Waals surface area contributed by atoms with E-state index in [1.807, 2.05) is 7.05 Å². The second kappa shape index (κ2) is 9.06. The molecule has 21 heavy (non-hydrogen) atoms. The lowest BCUT2D eigenvalue weighted by molar-refractivity contribution is -0.118. The fourth-order valence-corrected chi connectivity index (χ4v) is 2.69. The summed E-state index contributed by atoms with van der Waals surface area (Å²) in [5, 5.41) is 3.38.